The minimum Gasteiger partial charge on any atom is -0.380 e. The number of hydrogen-bond donors (Lipinski definition) is 2. The number of benzene rings is 1. The standard InChI is InChI=1S/C20H16N4O2/c21-12-16-15-4-2-1-3-5-17(15)24-19(16)13-6-8-14(9-7-13)23-20(25)18-10-11-22-26-18/h1-4,6-11,15,17,24H,5H2,(H,23,25). The smallest absolute Gasteiger partial charge is 0.294 e. The molecular formula is C20H16N4O2. The first kappa shape index (κ1) is 15.9. The minimum absolute atomic E-state index is 0.0795. The predicted molar refractivity (Wildman–Crippen MR) is 96.7 cm³/mol. The van der Waals surface area contributed by atoms with Gasteiger partial charge in [-0.1, -0.05) is 41.6 Å². The van der Waals surface area contributed by atoms with Gasteiger partial charge in [0.25, 0.3) is 5.91 Å². The molecule has 128 valence electrons. The zero-order chi connectivity index (χ0) is 17.9. The van der Waals surface area contributed by atoms with Crippen LogP contribution in [0.4, 0.5) is 5.69 Å². The molecule has 0 saturated heterocycles. The van der Waals surface area contributed by atoms with Gasteiger partial charge in [-0.05, 0) is 24.1 Å². The highest BCUT2D eigenvalue weighted by molar-refractivity contribution is 6.02. The minimum atomic E-state index is -0.356. The topological polar surface area (TPSA) is 91.0 Å². The van der Waals surface area contributed by atoms with Crippen molar-refractivity contribution < 1.29 is 9.32 Å². The van der Waals surface area contributed by atoms with Gasteiger partial charge in [-0.15, -0.1) is 0 Å². The molecule has 2 aromatic rings. The van der Waals surface area contributed by atoms with Crippen molar-refractivity contribution in [1.82, 2.24) is 10.5 Å². The van der Waals surface area contributed by atoms with E-state index in [1.807, 2.05) is 24.3 Å². The first-order valence-electron chi connectivity index (χ1n) is 8.33. The van der Waals surface area contributed by atoms with Crippen LogP contribution < -0.4 is 10.6 Å². The average Bonchev–Trinajstić information content (AvgIpc) is 3.25. The molecule has 0 bridgehead atoms. The molecule has 1 amide bonds. The summed E-state index contributed by atoms with van der Waals surface area (Å²) < 4.78 is 4.84. The lowest BCUT2D eigenvalue weighted by atomic mass is 9.93. The molecule has 1 aliphatic carbocycles. The van der Waals surface area contributed by atoms with E-state index in [0.29, 0.717) is 5.69 Å². The number of aromatic nitrogens is 1. The zero-order valence-electron chi connectivity index (χ0n) is 13.8. The number of rotatable bonds is 3. The van der Waals surface area contributed by atoms with E-state index < -0.39 is 0 Å². The number of amides is 1. The second-order valence-electron chi connectivity index (χ2n) is 6.13. The highest BCUT2D eigenvalue weighted by Crippen LogP contribution is 2.35. The van der Waals surface area contributed by atoms with Gasteiger partial charge in [-0.3, -0.25) is 4.79 Å². The Morgan fingerprint density at radius 1 is 1.27 bits per heavy atom. The van der Waals surface area contributed by atoms with Crippen LogP contribution in [-0.4, -0.2) is 17.1 Å². The second-order valence-corrected chi connectivity index (χ2v) is 6.13. The predicted octanol–water partition coefficient (Wildman–Crippen LogP) is 3.27. The van der Waals surface area contributed by atoms with Crippen molar-refractivity contribution in [1.29, 1.82) is 5.26 Å². The molecule has 2 atom stereocenters. The summed E-state index contributed by atoms with van der Waals surface area (Å²) in [5, 5.41) is 19.4. The lowest BCUT2D eigenvalue weighted by Gasteiger charge is -2.15. The molecule has 0 saturated carbocycles. The van der Waals surface area contributed by atoms with Crippen LogP contribution in [0.2, 0.25) is 0 Å². The van der Waals surface area contributed by atoms with Gasteiger partial charge in [0, 0.05) is 23.7 Å². The summed E-state index contributed by atoms with van der Waals surface area (Å²) in [4.78, 5) is 12.0. The number of carbonyl (C=O) groups excluding carboxylic acids is 1. The van der Waals surface area contributed by atoms with Crippen molar-refractivity contribution in [2.24, 2.45) is 5.92 Å². The number of anilines is 1. The summed E-state index contributed by atoms with van der Waals surface area (Å²) in [6.45, 7) is 0. The van der Waals surface area contributed by atoms with Crippen molar-refractivity contribution in [2.45, 2.75) is 12.5 Å². The maximum atomic E-state index is 12.0. The molecule has 6 heteroatoms. The zero-order valence-corrected chi connectivity index (χ0v) is 13.8. The first-order chi connectivity index (χ1) is 12.8. The Labute approximate surface area is 150 Å². The van der Waals surface area contributed by atoms with Crippen LogP contribution >= 0.6 is 0 Å². The van der Waals surface area contributed by atoms with E-state index in [-0.39, 0.29) is 23.6 Å². The number of allylic oxidation sites excluding steroid dienone is 2. The molecule has 0 radical (unpaired) electrons. The van der Waals surface area contributed by atoms with Gasteiger partial charge in [0.2, 0.25) is 5.76 Å². The van der Waals surface area contributed by atoms with Gasteiger partial charge in [0.15, 0.2) is 0 Å². The van der Waals surface area contributed by atoms with E-state index in [2.05, 4.69) is 34.0 Å². The maximum Gasteiger partial charge on any atom is 0.294 e. The van der Waals surface area contributed by atoms with Crippen LogP contribution in [0.5, 0.6) is 0 Å². The van der Waals surface area contributed by atoms with Crippen LogP contribution in [0, 0.1) is 17.2 Å². The van der Waals surface area contributed by atoms with Crippen molar-refractivity contribution in [3.05, 3.63) is 77.7 Å². The summed E-state index contributed by atoms with van der Waals surface area (Å²) in [5.41, 5.74) is 3.16. The molecular weight excluding hydrogens is 328 g/mol. The summed E-state index contributed by atoms with van der Waals surface area (Å²) in [6, 6.07) is 11.4. The Morgan fingerprint density at radius 3 is 2.85 bits per heavy atom. The normalized spacial score (nSPS) is 20.9. The van der Waals surface area contributed by atoms with E-state index >= 15 is 0 Å². The van der Waals surface area contributed by atoms with Crippen LogP contribution in [0.25, 0.3) is 5.70 Å². The highest BCUT2D eigenvalue weighted by atomic mass is 16.5. The Hall–Kier alpha value is -3.59. The fourth-order valence-electron chi connectivity index (χ4n) is 3.26. The van der Waals surface area contributed by atoms with E-state index in [1.54, 1.807) is 12.1 Å². The van der Waals surface area contributed by atoms with Crippen LogP contribution in [0.3, 0.4) is 0 Å². The van der Waals surface area contributed by atoms with Gasteiger partial charge in [0.1, 0.15) is 0 Å². The fraction of sp³-hybridized carbons (Fsp3) is 0.150. The summed E-state index contributed by atoms with van der Waals surface area (Å²) in [6.07, 6.45) is 10.5. The van der Waals surface area contributed by atoms with Gasteiger partial charge in [0.05, 0.1) is 23.5 Å². The quantitative estimate of drug-likeness (QED) is 0.892. The fourth-order valence-corrected chi connectivity index (χ4v) is 3.26. The van der Waals surface area contributed by atoms with Crippen molar-refractivity contribution in [2.75, 3.05) is 5.32 Å². The monoisotopic (exact) mass is 344 g/mol. The first-order valence-corrected chi connectivity index (χ1v) is 8.33. The largest absolute Gasteiger partial charge is 0.380 e. The van der Waals surface area contributed by atoms with Gasteiger partial charge >= 0.3 is 0 Å². The average molecular weight is 344 g/mol. The Bertz CT molecular complexity index is 947. The van der Waals surface area contributed by atoms with Gasteiger partial charge in [-0.2, -0.15) is 5.26 Å². The van der Waals surface area contributed by atoms with Crippen LogP contribution in [0.1, 0.15) is 22.5 Å². The third kappa shape index (κ3) is 2.91. The van der Waals surface area contributed by atoms with Crippen molar-refractivity contribution >= 4 is 17.3 Å². The van der Waals surface area contributed by atoms with E-state index in [4.69, 9.17) is 4.52 Å². The van der Waals surface area contributed by atoms with Crippen molar-refractivity contribution in [3.63, 3.8) is 0 Å². The summed E-state index contributed by atoms with van der Waals surface area (Å²) in [5.74, 6) is -0.123. The summed E-state index contributed by atoms with van der Waals surface area (Å²) >= 11 is 0. The molecule has 2 aliphatic rings. The lowest BCUT2D eigenvalue weighted by molar-refractivity contribution is 0.0988. The molecule has 2 N–H and O–H groups in total. The third-order valence-electron chi connectivity index (χ3n) is 4.54. The number of hydrogen-bond acceptors (Lipinski definition) is 5. The van der Waals surface area contributed by atoms with E-state index in [1.165, 1.54) is 12.3 Å². The number of nitriles is 1. The van der Waals surface area contributed by atoms with Crippen LogP contribution in [0.15, 0.2) is 70.9 Å². The SMILES string of the molecule is N#CC1=C(c2ccc(NC(=O)c3ccno3)cc2)NC2CC=CC=CC12. The number of carbonyl (C=O) groups is 1. The molecule has 2 heterocycles. The molecule has 1 aromatic carbocycles. The molecule has 1 aliphatic heterocycles. The van der Waals surface area contributed by atoms with E-state index in [9.17, 15) is 10.1 Å². The number of nitrogens with one attached hydrogen (secondary N) is 2. The lowest BCUT2D eigenvalue weighted by Crippen LogP contribution is -2.26. The highest BCUT2D eigenvalue weighted by Gasteiger charge is 2.33. The number of fused-ring (bicyclic) bond motifs is 1. The molecule has 0 fully saturated rings. The van der Waals surface area contributed by atoms with Crippen LogP contribution in [-0.2, 0) is 0 Å². The molecule has 2 unspecified atom stereocenters. The molecule has 4 rings (SSSR count). The molecule has 1 aromatic heterocycles. The Morgan fingerprint density at radius 2 is 2.12 bits per heavy atom. The molecule has 6 nitrogen and oxygen atoms in total. The van der Waals surface area contributed by atoms with Gasteiger partial charge in [-0.25, -0.2) is 0 Å². The molecule has 0 spiro atoms. The van der Waals surface area contributed by atoms with Crippen molar-refractivity contribution in [3.8, 4) is 6.07 Å². The maximum absolute atomic E-state index is 12.0. The summed E-state index contributed by atoms with van der Waals surface area (Å²) in [7, 11) is 0. The van der Waals surface area contributed by atoms with Gasteiger partial charge < -0.3 is 15.2 Å². The van der Waals surface area contributed by atoms with E-state index in [0.717, 1.165) is 23.3 Å². The Balaban J connectivity index is 1.56. The Kier molecular flexibility index (Phi) is 4.12. The molecule has 26 heavy (non-hydrogen) atoms. The number of nitrogens with zero attached hydrogens (tertiary/aromatic N) is 2. The second kappa shape index (κ2) is 6.73. The third-order valence-corrected chi connectivity index (χ3v) is 4.54.